The van der Waals surface area contributed by atoms with Gasteiger partial charge in [0.25, 0.3) is 0 Å². The quantitative estimate of drug-likeness (QED) is 0.491. The molecule has 0 spiro atoms. The van der Waals surface area contributed by atoms with Crippen molar-refractivity contribution in [3.63, 3.8) is 0 Å². The molecule has 0 unspecified atom stereocenters. The van der Waals surface area contributed by atoms with Gasteiger partial charge in [-0.15, -0.1) is 0 Å². The Bertz CT molecular complexity index is 868. The van der Waals surface area contributed by atoms with Crippen LogP contribution in [0.1, 0.15) is 25.3 Å². The average molecular weight is 400 g/mol. The summed E-state index contributed by atoms with van der Waals surface area (Å²) < 4.78 is 0. The molecular formula is C22H25O3PS. The largest absolute Gasteiger partial charge is 0.325 e. The number of unbranched alkanes of at least 4 members (excludes halogenated alkanes) is 1. The first-order valence-electron chi connectivity index (χ1n) is 8.91. The summed E-state index contributed by atoms with van der Waals surface area (Å²) in [6.07, 6.45) is 3.60. The fourth-order valence-corrected chi connectivity index (χ4v) is 2.98. The molecule has 5 heteroatoms. The van der Waals surface area contributed by atoms with Crippen LogP contribution in [0.5, 0.6) is 0 Å². The molecule has 3 rings (SSSR count). The van der Waals surface area contributed by atoms with Crippen LogP contribution < -0.4 is 0 Å². The Labute approximate surface area is 166 Å². The van der Waals surface area contributed by atoms with Gasteiger partial charge in [-0.05, 0) is 52.5 Å². The van der Waals surface area contributed by atoms with E-state index in [0.717, 1.165) is 6.42 Å². The molecular weight excluding hydrogens is 375 g/mol. The highest BCUT2D eigenvalue weighted by atomic mass is 32.5. The van der Waals surface area contributed by atoms with Gasteiger partial charge < -0.3 is 14.7 Å². The molecule has 0 saturated heterocycles. The molecule has 0 radical (unpaired) electrons. The third-order valence-electron chi connectivity index (χ3n) is 4.10. The molecule has 0 amide bonds. The second-order valence-electron chi connectivity index (χ2n) is 6.19. The second-order valence-corrected chi connectivity index (χ2v) is 8.68. The Hall–Kier alpha value is -1.81. The molecule has 0 aliphatic carbocycles. The lowest BCUT2D eigenvalue weighted by Gasteiger charge is -2.15. The lowest BCUT2D eigenvalue weighted by atomic mass is 9.89. The van der Waals surface area contributed by atoms with Crippen molar-refractivity contribution >= 4 is 18.5 Å². The van der Waals surface area contributed by atoms with Crippen LogP contribution in [0.25, 0.3) is 22.3 Å². The highest BCUT2D eigenvalue weighted by Crippen LogP contribution is 2.35. The normalized spacial score (nSPS) is 10.8. The van der Waals surface area contributed by atoms with E-state index in [1.54, 1.807) is 0 Å². The summed E-state index contributed by atoms with van der Waals surface area (Å²) in [4.78, 5) is 22.7. The SMILES string of the molecule is CCCCc1cccc(-c2ccccc2)c1-c1ccccc1.OP(O)(O)=S. The zero-order valence-corrected chi connectivity index (χ0v) is 17.0. The summed E-state index contributed by atoms with van der Waals surface area (Å²) >= 11 is 3.60. The van der Waals surface area contributed by atoms with Gasteiger partial charge in [-0.3, -0.25) is 0 Å². The van der Waals surface area contributed by atoms with Crippen LogP contribution in [0.4, 0.5) is 0 Å². The van der Waals surface area contributed by atoms with Gasteiger partial charge in [-0.25, -0.2) is 0 Å². The Balaban J connectivity index is 0.000000465. The van der Waals surface area contributed by atoms with E-state index in [9.17, 15) is 0 Å². The number of aryl methyl sites for hydroxylation is 1. The van der Waals surface area contributed by atoms with Gasteiger partial charge in [0.2, 0.25) is 0 Å². The van der Waals surface area contributed by atoms with E-state index < -0.39 is 6.72 Å². The minimum Gasteiger partial charge on any atom is -0.325 e. The van der Waals surface area contributed by atoms with Gasteiger partial charge in [0.15, 0.2) is 0 Å². The zero-order chi connectivity index (χ0) is 19.7. The standard InChI is InChI=1S/C22H22.H3O3PS/c1-2-3-11-19-16-10-17-21(18-12-6-4-7-13-18)22(19)20-14-8-5-9-15-20;1-4(2,3)5/h4-10,12-17H,2-3,11H2,1H3;(H3,1,2,3,5). The van der Waals surface area contributed by atoms with E-state index >= 15 is 0 Å². The van der Waals surface area contributed by atoms with Crippen molar-refractivity contribution in [1.82, 2.24) is 0 Å². The highest BCUT2D eigenvalue weighted by Gasteiger charge is 2.11. The summed E-state index contributed by atoms with van der Waals surface area (Å²) in [5, 5.41) is 0. The molecule has 3 aromatic carbocycles. The predicted molar refractivity (Wildman–Crippen MR) is 117 cm³/mol. The van der Waals surface area contributed by atoms with Crippen molar-refractivity contribution in [2.24, 2.45) is 0 Å². The minimum atomic E-state index is -3.81. The summed E-state index contributed by atoms with van der Waals surface area (Å²) in [7, 11) is 0. The van der Waals surface area contributed by atoms with Gasteiger partial charge in [0, 0.05) is 0 Å². The van der Waals surface area contributed by atoms with E-state index in [0.29, 0.717) is 0 Å². The Morgan fingerprint density at radius 3 is 1.78 bits per heavy atom. The lowest BCUT2D eigenvalue weighted by molar-refractivity contribution is 0.363. The molecule has 142 valence electrons. The molecule has 3 aromatic rings. The summed E-state index contributed by atoms with van der Waals surface area (Å²) in [5.74, 6) is 0. The fourth-order valence-electron chi connectivity index (χ4n) is 2.98. The fraction of sp³-hybridized carbons (Fsp3) is 0.182. The van der Waals surface area contributed by atoms with Crippen LogP contribution in [0.3, 0.4) is 0 Å². The summed E-state index contributed by atoms with van der Waals surface area (Å²) in [6, 6.07) is 28.2. The zero-order valence-electron chi connectivity index (χ0n) is 15.3. The van der Waals surface area contributed by atoms with Crippen LogP contribution in [0, 0.1) is 0 Å². The Kier molecular flexibility index (Phi) is 8.36. The molecule has 3 N–H and O–H groups in total. The van der Waals surface area contributed by atoms with Gasteiger partial charge in [-0.1, -0.05) is 92.2 Å². The summed E-state index contributed by atoms with van der Waals surface area (Å²) in [6.45, 7) is -1.55. The van der Waals surface area contributed by atoms with Crippen LogP contribution in [0.15, 0.2) is 78.9 Å². The van der Waals surface area contributed by atoms with Gasteiger partial charge in [0.05, 0.1) is 0 Å². The van der Waals surface area contributed by atoms with E-state index in [4.69, 9.17) is 14.7 Å². The van der Waals surface area contributed by atoms with Gasteiger partial charge in [-0.2, -0.15) is 0 Å². The van der Waals surface area contributed by atoms with Crippen LogP contribution in [-0.2, 0) is 18.2 Å². The van der Waals surface area contributed by atoms with Crippen molar-refractivity contribution in [1.29, 1.82) is 0 Å². The van der Waals surface area contributed by atoms with E-state index in [2.05, 4.69) is 97.6 Å². The van der Waals surface area contributed by atoms with E-state index in [1.807, 2.05) is 0 Å². The minimum absolute atomic E-state index is 1.14. The van der Waals surface area contributed by atoms with E-state index in [1.165, 1.54) is 40.7 Å². The lowest BCUT2D eigenvalue weighted by Crippen LogP contribution is -1.94. The smallest absolute Gasteiger partial charge is 0.319 e. The molecule has 0 aromatic heterocycles. The number of hydrogen-bond donors (Lipinski definition) is 3. The molecule has 27 heavy (non-hydrogen) atoms. The van der Waals surface area contributed by atoms with Crippen molar-refractivity contribution in [3.05, 3.63) is 84.4 Å². The van der Waals surface area contributed by atoms with Gasteiger partial charge in [0.1, 0.15) is 0 Å². The monoisotopic (exact) mass is 400 g/mol. The predicted octanol–water partition coefficient (Wildman–Crippen LogP) is 5.55. The third kappa shape index (κ3) is 7.37. The maximum atomic E-state index is 7.56. The van der Waals surface area contributed by atoms with Crippen molar-refractivity contribution in [2.45, 2.75) is 26.2 Å². The highest BCUT2D eigenvalue weighted by molar-refractivity contribution is 8.06. The van der Waals surface area contributed by atoms with Crippen molar-refractivity contribution < 1.29 is 14.7 Å². The number of benzene rings is 3. The first-order chi connectivity index (χ1) is 12.9. The van der Waals surface area contributed by atoms with Crippen LogP contribution in [-0.4, -0.2) is 14.7 Å². The maximum absolute atomic E-state index is 7.56. The molecule has 0 bridgehead atoms. The first kappa shape index (κ1) is 21.5. The molecule has 3 nitrogen and oxygen atoms in total. The number of rotatable bonds is 5. The molecule has 0 fully saturated rings. The second kappa shape index (κ2) is 10.5. The third-order valence-corrected chi connectivity index (χ3v) is 4.10. The van der Waals surface area contributed by atoms with Crippen molar-refractivity contribution in [3.8, 4) is 22.3 Å². The number of hydrogen-bond acceptors (Lipinski definition) is 1. The first-order valence-corrected chi connectivity index (χ1v) is 11.6. The van der Waals surface area contributed by atoms with Crippen LogP contribution in [0.2, 0.25) is 0 Å². The average Bonchev–Trinajstić information content (AvgIpc) is 2.66. The molecule has 0 atom stereocenters. The Morgan fingerprint density at radius 1 is 0.741 bits per heavy atom. The molecule has 0 saturated carbocycles. The Morgan fingerprint density at radius 2 is 1.26 bits per heavy atom. The molecule has 0 aliphatic rings. The van der Waals surface area contributed by atoms with E-state index in [-0.39, 0.29) is 0 Å². The topological polar surface area (TPSA) is 60.7 Å². The molecule has 0 heterocycles. The van der Waals surface area contributed by atoms with Gasteiger partial charge >= 0.3 is 6.72 Å². The van der Waals surface area contributed by atoms with Crippen molar-refractivity contribution in [2.75, 3.05) is 0 Å². The molecule has 0 aliphatic heterocycles. The maximum Gasteiger partial charge on any atom is 0.319 e. The summed E-state index contributed by atoms with van der Waals surface area (Å²) in [5.41, 5.74) is 6.78. The van der Waals surface area contributed by atoms with Crippen LogP contribution >= 0.6 is 6.72 Å².